The van der Waals surface area contributed by atoms with Crippen LogP contribution in [0, 0.1) is 12.7 Å². The number of benzene rings is 1. The van der Waals surface area contributed by atoms with E-state index in [4.69, 9.17) is 0 Å². The summed E-state index contributed by atoms with van der Waals surface area (Å²) in [6, 6.07) is 4.99. The molecule has 0 aliphatic heterocycles. The van der Waals surface area contributed by atoms with E-state index in [0.29, 0.717) is 6.54 Å². The normalized spacial score (nSPS) is 11.8. The first-order valence-electron chi connectivity index (χ1n) is 6.39. The third-order valence-electron chi connectivity index (χ3n) is 2.82. The molecule has 0 saturated heterocycles. The van der Waals surface area contributed by atoms with Gasteiger partial charge in [-0.3, -0.25) is 0 Å². The van der Waals surface area contributed by atoms with E-state index in [0.717, 1.165) is 16.9 Å². The van der Waals surface area contributed by atoms with Gasteiger partial charge >= 0.3 is 0 Å². The SMILES string of the molecule is Cc1cc(F)cc(-n2cncc2CNC(C)(C)C)c1. The summed E-state index contributed by atoms with van der Waals surface area (Å²) in [5.41, 5.74) is 2.76. The molecule has 0 amide bonds. The van der Waals surface area contributed by atoms with Crippen molar-refractivity contribution < 1.29 is 4.39 Å². The lowest BCUT2D eigenvalue weighted by Crippen LogP contribution is -2.35. The van der Waals surface area contributed by atoms with Crippen molar-refractivity contribution in [2.24, 2.45) is 0 Å². The highest BCUT2D eigenvalue weighted by molar-refractivity contribution is 5.37. The maximum atomic E-state index is 13.5. The highest BCUT2D eigenvalue weighted by atomic mass is 19.1. The number of hydrogen-bond acceptors (Lipinski definition) is 2. The minimum Gasteiger partial charge on any atom is -0.306 e. The van der Waals surface area contributed by atoms with Crippen molar-refractivity contribution in [2.45, 2.75) is 39.8 Å². The standard InChI is InChI=1S/C15H20FN3/c1-11-5-12(16)7-13(6-11)19-10-17-8-14(19)9-18-15(2,3)4/h5-8,10,18H,9H2,1-4H3. The second-order valence-electron chi connectivity index (χ2n) is 5.85. The minimum atomic E-state index is -0.224. The Balaban J connectivity index is 2.28. The van der Waals surface area contributed by atoms with Crippen LogP contribution in [0.2, 0.25) is 0 Å². The summed E-state index contributed by atoms with van der Waals surface area (Å²) < 4.78 is 15.4. The predicted octanol–water partition coefficient (Wildman–Crippen LogP) is 3.21. The van der Waals surface area contributed by atoms with Gasteiger partial charge in [0.1, 0.15) is 5.82 Å². The van der Waals surface area contributed by atoms with Gasteiger partial charge < -0.3 is 9.88 Å². The molecule has 0 aliphatic carbocycles. The molecule has 0 unspecified atom stereocenters. The van der Waals surface area contributed by atoms with Crippen molar-refractivity contribution in [1.29, 1.82) is 0 Å². The van der Waals surface area contributed by atoms with E-state index in [-0.39, 0.29) is 11.4 Å². The number of rotatable bonds is 3. The number of imidazole rings is 1. The minimum absolute atomic E-state index is 0.0347. The summed E-state index contributed by atoms with van der Waals surface area (Å²) in [7, 11) is 0. The fraction of sp³-hybridized carbons (Fsp3) is 0.400. The van der Waals surface area contributed by atoms with Gasteiger partial charge in [0.2, 0.25) is 0 Å². The van der Waals surface area contributed by atoms with Gasteiger partial charge in [0.25, 0.3) is 0 Å². The summed E-state index contributed by atoms with van der Waals surface area (Å²) in [6.07, 6.45) is 3.52. The van der Waals surface area contributed by atoms with Gasteiger partial charge in [-0.25, -0.2) is 9.37 Å². The van der Waals surface area contributed by atoms with Crippen LogP contribution in [0.3, 0.4) is 0 Å². The van der Waals surface area contributed by atoms with E-state index in [1.165, 1.54) is 12.1 Å². The summed E-state index contributed by atoms with van der Waals surface area (Å²) in [4.78, 5) is 4.16. The quantitative estimate of drug-likeness (QED) is 0.919. The molecule has 0 atom stereocenters. The molecule has 2 aromatic rings. The molecule has 1 N–H and O–H groups in total. The first-order chi connectivity index (χ1) is 8.85. The highest BCUT2D eigenvalue weighted by Gasteiger charge is 2.11. The molecule has 1 aromatic carbocycles. The monoisotopic (exact) mass is 261 g/mol. The van der Waals surface area contributed by atoms with Gasteiger partial charge in [0.05, 0.1) is 12.0 Å². The second-order valence-corrected chi connectivity index (χ2v) is 5.85. The van der Waals surface area contributed by atoms with Gasteiger partial charge in [-0.05, 0) is 51.5 Å². The Hall–Kier alpha value is -1.68. The molecular weight excluding hydrogens is 241 g/mol. The van der Waals surface area contributed by atoms with E-state index in [1.807, 2.05) is 17.6 Å². The fourth-order valence-electron chi connectivity index (χ4n) is 1.90. The molecule has 0 radical (unpaired) electrons. The lowest BCUT2D eigenvalue weighted by molar-refractivity contribution is 0.419. The van der Waals surface area contributed by atoms with Crippen LogP contribution in [0.4, 0.5) is 4.39 Å². The van der Waals surface area contributed by atoms with Gasteiger partial charge in [0.15, 0.2) is 0 Å². The number of hydrogen-bond donors (Lipinski definition) is 1. The zero-order valence-corrected chi connectivity index (χ0v) is 11.9. The Kier molecular flexibility index (Phi) is 3.71. The molecule has 4 heteroatoms. The van der Waals surface area contributed by atoms with E-state index in [1.54, 1.807) is 12.5 Å². The van der Waals surface area contributed by atoms with Crippen LogP contribution in [0.25, 0.3) is 5.69 Å². The number of aromatic nitrogens is 2. The Labute approximate surface area is 113 Å². The van der Waals surface area contributed by atoms with Gasteiger partial charge in [-0.1, -0.05) is 0 Å². The molecule has 1 aromatic heterocycles. The van der Waals surface area contributed by atoms with Crippen molar-refractivity contribution in [3.63, 3.8) is 0 Å². The van der Waals surface area contributed by atoms with Crippen molar-refractivity contribution in [1.82, 2.24) is 14.9 Å². The van der Waals surface area contributed by atoms with E-state index < -0.39 is 0 Å². The third kappa shape index (κ3) is 3.64. The Morgan fingerprint density at radius 1 is 1.26 bits per heavy atom. The average molecular weight is 261 g/mol. The molecule has 19 heavy (non-hydrogen) atoms. The molecule has 102 valence electrons. The number of nitrogens with zero attached hydrogens (tertiary/aromatic N) is 2. The molecule has 3 nitrogen and oxygen atoms in total. The van der Waals surface area contributed by atoms with Gasteiger partial charge in [0, 0.05) is 24.0 Å². The highest BCUT2D eigenvalue weighted by Crippen LogP contribution is 2.16. The topological polar surface area (TPSA) is 29.9 Å². The maximum Gasteiger partial charge on any atom is 0.125 e. The zero-order valence-electron chi connectivity index (χ0n) is 11.9. The van der Waals surface area contributed by atoms with Crippen LogP contribution < -0.4 is 5.32 Å². The second kappa shape index (κ2) is 5.13. The summed E-state index contributed by atoms with van der Waals surface area (Å²) >= 11 is 0. The Bertz CT molecular complexity index is 547. The number of halogens is 1. The van der Waals surface area contributed by atoms with Crippen molar-refractivity contribution >= 4 is 0 Å². The molecule has 0 bridgehead atoms. The summed E-state index contributed by atoms with van der Waals surface area (Å²) in [5, 5.41) is 3.41. The van der Waals surface area contributed by atoms with Crippen LogP contribution in [-0.2, 0) is 6.54 Å². The van der Waals surface area contributed by atoms with E-state index in [9.17, 15) is 4.39 Å². The summed E-state index contributed by atoms with van der Waals surface area (Å²) in [5.74, 6) is -0.224. The lowest BCUT2D eigenvalue weighted by Gasteiger charge is -2.21. The fourth-order valence-corrected chi connectivity index (χ4v) is 1.90. The van der Waals surface area contributed by atoms with Crippen molar-refractivity contribution in [3.8, 4) is 5.69 Å². The average Bonchev–Trinajstić information content (AvgIpc) is 2.72. The smallest absolute Gasteiger partial charge is 0.125 e. The molecule has 0 spiro atoms. The Morgan fingerprint density at radius 3 is 2.63 bits per heavy atom. The molecular formula is C15H20FN3. The third-order valence-corrected chi connectivity index (χ3v) is 2.82. The zero-order chi connectivity index (χ0) is 14.0. The lowest BCUT2D eigenvalue weighted by atomic mass is 10.1. The molecule has 0 fully saturated rings. The first-order valence-corrected chi connectivity index (χ1v) is 6.39. The molecule has 1 heterocycles. The number of aryl methyl sites for hydroxylation is 1. The first kappa shape index (κ1) is 13.7. The molecule has 2 rings (SSSR count). The van der Waals surface area contributed by atoms with Crippen molar-refractivity contribution in [2.75, 3.05) is 0 Å². The van der Waals surface area contributed by atoms with Crippen LogP contribution in [0.1, 0.15) is 32.0 Å². The molecule has 0 aliphatic rings. The van der Waals surface area contributed by atoms with E-state index >= 15 is 0 Å². The van der Waals surface area contributed by atoms with Gasteiger partial charge in [-0.2, -0.15) is 0 Å². The van der Waals surface area contributed by atoms with E-state index in [2.05, 4.69) is 31.1 Å². The number of nitrogens with one attached hydrogen (secondary N) is 1. The van der Waals surface area contributed by atoms with Crippen LogP contribution in [0.5, 0.6) is 0 Å². The predicted molar refractivity (Wildman–Crippen MR) is 74.9 cm³/mol. The Morgan fingerprint density at radius 2 is 2.00 bits per heavy atom. The van der Waals surface area contributed by atoms with Crippen molar-refractivity contribution in [3.05, 3.63) is 47.8 Å². The van der Waals surface area contributed by atoms with Crippen LogP contribution >= 0.6 is 0 Å². The maximum absolute atomic E-state index is 13.5. The van der Waals surface area contributed by atoms with Crippen LogP contribution in [0.15, 0.2) is 30.7 Å². The van der Waals surface area contributed by atoms with Gasteiger partial charge in [-0.15, -0.1) is 0 Å². The molecule has 0 saturated carbocycles. The summed E-state index contributed by atoms with van der Waals surface area (Å²) in [6.45, 7) is 8.91. The largest absolute Gasteiger partial charge is 0.306 e. The van der Waals surface area contributed by atoms with Crippen LogP contribution in [-0.4, -0.2) is 15.1 Å².